The maximum Gasteiger partial charge on any atom is 0.156 e. The molecule has 0 bridgehead atoms. The molecule has 0 atom stereocenters. The molecule has 2 nitrogen and oxygen atoms in total. The Morgan fingerprint density at radius 2 is 1.89 bits per heavy atom. The molecule has 1 saturated carbocycles. The van der Waals surface area contributed by atoms with Gasteiger partial charge in [0, 0.05) is 18.8 Å². The highest BCUT2D eigenvalue weighted by Gasteiger charge is 2.24. The SMILES string of the molecule is CCC1CCC(CNC2=NCC(C)(C)CS2)CC1. The Hall–Kier alpha value is -0.180. The molecule has 104 valence electrons. The molecule has 0 unspecified atom stereocenters. The second kappa shape index (κ2) is 6.31. The molecule has 1 N–H and O–H groups in total. The fourth-order valence-electron chi connectivity index (χ4n) is 2.82. The van der Waals surface area contributed by atoms with E-state index in [9.17, 15) is 0 Å². The summed E-state index contributed by atoms with van der Waals surface area (Å²) in [5.74, 6) is 3.08. The van der Waals surface area contributed by atoms with Gasteiger partial charge in [-0.25, -0.2) is 0 Å². The van der Waals surface area contributed by atoms with Gasteiger partial charge < -0.3 is 5.32 Å². The smallest absolute Gasteiger partial charge is 0.156 e. The van der Waals surface area contributed by atoms with Crippen molar-refractivity contribution in [2.45, 2.75) is 52.9 Å². The van der Waals surface area contributed by atoms with Crippen molar-refractivity contribution in [3.63, 3.8) is 0 Å². The van der Waals surface area contributed by atoms with E-state index < -0.39 is 0 Å². The lowest BCUT2D eigenvalue weighted by Crippen LogP contribution is -2.34. The molecule has 2 aliphatic rings. The number of aliphatic imine (C=N–C) groups is 1. The molecular formula is C15H28N2S. The van der Waals surface area contributed by atoms with Gasteiger partial charge >= 0.3 is 0 Å². The van der Waals surface area contributed by atoms with Gasteiger partial charge in [0.25, 0.3) is 0 Å². The van der Waals surface area contributed by atoms with E-state index in [-0.39, 0.29) is 0 Å². The largest absolute Gasteiger partial charge is 0.365 e. The molecule has 0 saturated heterocycles. The third kappa shape index (κ3) is 4.18. The Labute approximate surface area is 116 Å². The fourth-order valence-corrected chi connectivity index (χ4v) is 3.78. The maximum atomic E-state index is 4.67. The molecule has 1 heterocycles. The van der Waals surface area contributed by atoms with E-state index in [1.807, 2.05) is 11.8 Å². The third-order valence-corrected chi connectivity index (χ3v) is 5.81. The highest BCUT2D eigenvalue weighted by molar-refractivity contribution is 8.13. The van der Waals surface area contributed by atoms with Crippen molar-refractivity contribution in [3.8, 4) is 0 Å². The number of rotatable bonds is 3. The summed E-state index contributed by atoms with van der Waals surface area (Å²) in [7, 11) is 0. The molecule has 18 heavy (non-hydrogen) atoms. The van der Waals surface area contributed by atoms with Crippen molar-refractivity contribution in [1.29, 1.82) is 0 Å². The van der Waals surface area contributed by atoms with E-state index in [4.69, 9.17) is 0 Å². The molecule has 0 spiro atoms. The summed E-state index contributed by atoms with van der Waals surface area (Å²) in [6.07, 6.45) is 7.08. The van der Waals surface area contributed by atoms with E-state index in [1.165, 1.54) is 43.0 Å². The molecule has 3 heteroatoms. The van der Waals surface area contributed by atoms with Gasteiger partial charge in [0.05, 0.1) is 0 Å². The van der Waals surface area contributed by atoms with Gasteiger partial charge in [-0.3, -0.25) is 4.99 Å². The summed E-state index contributed by atoms with van der Waals surface area (Å²) in [5, 5.41) is 4.76. The molecule has 0 aromatic carbocycles. The van der Waals surface area contributed by atoms with Gasteiger partial charge in [-0.1, -0.05) is 51.8 Å². The summed E-state index contributed by atoms with van der Waals surface area (Å²) in [5.41, 5.74) is 0.384. The zero-order valence-electron chi connectivity index (χ0n) is 12.2. The van der Waals surface area contributed by atoms with Gasteiger partial charge in [-0.15, -0.1) is 0 Å². The lowest BCUT2D eigenvalue weighted by molar-refractivity contribution is 0.269. The van der Waals surface area contributed by atoms with Crippen LogP contribution in [0.3, 0.4) is 0 Å². The maximum absolute atomic E-state index is 4.67. The monoisotopic (exact) mass is 268 g/mol. The average Bonchev–Trinajstić information content (AvgIpc) is 2.38. The topological polar surface area (TPSA) is 24.4 Å². The number of thioether (sulfide) groups is 1. The van der Waals surface area contributed by atoms with E-state index in [2.05, 4.69) is 31.1 Å². The van der Waals surface area contributed by atoms with Gasteiger partial charge in [0.15, 0.2) is 5.17 Å². The minimum Gasteiger partial charge on any atom is -0.365 e. The van der Waals surface area contributed by atoms with Gasteiger partial charge in [0.2, 0.25) is 0 Å². The molecule has 0 radical (unpaired) electrons. The Bertz CT molecular complexity index is 291. The highest BCUT2D eigenvalue weighted by Crippen LogP contribution is 2.31. The third-order valence-electron chi connectivity index (χ3n) is 4.34. The van der Waals surface area contributed by atoms with Crippen LogP contribution < -0.4 is 5.32 Å². The molecule has 1 aliphatic carbocycles. The van der Waals surface area contributed by atoms with E-state index >= 15 is 0 Å². The lowest BCUT2D eigenvalue weighted by Gasteiger charge is -2.30. The van der Waals surface area contributed by atoms with Crippen molar-refractivity contribution < 1.29 is 0 Å². The molecule has 0 aromatic heterocycles. The summed E-state index contributed by atoms with van der Waals surface area (Å²) in [6.45, 7) is 9.05. The van der Waals surface area contributed by atoms with Crippen molar-refractivity contribution >= 4 is 16.9 Å². The lowest BCUT2D eigenvalue weighted by atomic mass is 9.81. The van der Waals surface area contributed by atoms with Gasteiger partial charge in [0.1, 0.15) is 0 Å². The van der Waals surface area contributed by atoms with Crippen LogP contribution in [-0.4, -0.2) is 24.0 Å². The molecule has 0 amide bonds. The molecule has 0 aromatic rings. The Balaban J connectivity index is 1.68. The summed E-state index contributed by atoms with van der Waals surface area (Å²) >= 11 is 1.90. The average molecular weight is 268 g/mol. The van der Waals surface area contributed by atoms with Crippen molar-refractivity contribution in [3.05, 3.63) is 0 Å². The van der Waals surface area contributed by atoms with Crippen molar-refractivity contribution in [1.82, 2.24) is 5.32 Å². The first-order valence-corrected chi connectivity index (χ1v) is 8.49. The van der Waals surface area contributed by atoms with Gasteiger partial charge in [-0.05, 0) is 30.1 Å². The second-order valence-corrected chi connectivity index (χ2v) is 7.71. The van der Waals surface area contributed by atoms with Crippen molar-refractivity contribution in [2.24, 2.45) is 22.2 Å². The van der Waals surface area contributed by atoms with Crippen LogP contribution in [0.15, 0.2) is 4.99 Å². The highest BCUT2D eigenvalue weighted by atomic mass is 32.2. The molecular weight excluding hydrogens is 240 g/mol. The summed E-state index contributed by atoms with van der Waals surface area (Å²) < 4.78 is 0. The Morgan fingerprint density at radius 3 is 2.44 bits per heavy atom. The van der Waals surface area contributed by atoms with Crippen LogP contribution in [0, 0.1) is 17.3 Å². The van der Waals surface area contributed by atoms with Crippen LogP contribution in [0.4, 0.5) is 0 Å². The summed E-state index contributed by atoms with van der Waals surface area (Å²) in [4.78, 5) is 4.67. The summed E-state index contributed by atoms with van der Waals surface area (Å²) in [6, 6.07) is 0. The number of amidine groups is 1. The van der Waals surface area contributed by atoms with Crippen molar-refractivity contribution in [2.75, 3.05) is 18.8 Å². The zero-order valence-corrected chi connectivity index (χ0v) is 13.0. The molecule has 1 aliphatic heterocycles. The quantitative estimate of drug-likeness (QED) is 0.839. The number of hydrogen-bond acceptors (Lipinski definition) is 3. The Kier molecular flexibility index (Phi) is 4.99. The number of nitrogens with zero attached hydrogens (tertiary/aromatic N) is 1. The fraction of sp³-hybridized carbons (Fsp3) is 0.933. The van der Waals surface area contributed by atoms with E-state index in [0.717, 1.165) is 24.9 Å². The van der Waals surface area contributed by atoms with E-state index in [0.29, 0.717) is 5.41 Å². The Morgan fingerprint density at radius 1 is 1.22 bits per heavy atom. The first kappa shape index (κ1) is 14.2. The number of nitrogens with one attached hydrogen (secondary N) is 1. The molecule has 1 fully saturated rings. The predicted octanol–water partition coefficient (Wildman–Crippen LogP) is 3.92. The normalized spacial score (nSPS) is 31.8. The number of hydrogen-bond donors (Lipinski definition) is 1. The predicted molar refractivity (Wildman–Crippen MR) is 82.3 cm³/mol. The van der Waals surface area contributed by atoms with Crippen LogP contribution in [0.5, 0.6) is 0 Å². The van der Waals surface area contributed by atoms with Crippen LogP contribution in [-0.2, 0) is 0 Å². The second-order valence-electron chi connectivity index (χ2n) is 6.75. The van der Waals surface area contributed by atoms with Crippen LogP contribution in [0.2, 0.25) is 0 Å². The first-order chi connectivity index (χ1) is 8.59. The van der Waals surface area contributed by atoms with Gasteiger partial charge in [-0.2, -0.15) is 0 Å². The standard InChI is InChI=1S/C15H28N2S/c1-4-12-5-7-13(8-6-12)9-16-14-17-10-15(2,3)11-18-14/h12-13H,4-11H2,1-3H3,(H,16,17). The minimum atomic E-state index is 0.384. The zero-order chi connectivity index (χ0) is 13.0. The van der Waals surface area contributed by atoms with Crippen LogP contribution >= 0.6 is 11.8 Å². The first-order valence-electron chi connectivity index (χ1n) is 7.50. The van der Waals surface area contributed by atoms with E-state index in [1.54, 1.807) is 0 Å². The van der Waals surface area contributed by atoms with Crippen LogP contribution in [0.25, 0.3) is 0 Å². The van der Waals surface area contributed by atoms with Crippen LogP contribution in [0.1, 0.15) is 52.9 Å². The minimum absolute atomic E-state index is 0.384. The molecule has 2 rings (SSSR count).